The van der Waals surface area contributed by atoms with Crippen LogP contribution in [0.5, 0.6) is 5.75 Å². The molecule has 0 aliphatic heterocycles. The second-order valence-electron chi connectivity index (χ2n) is 6.59. The van der Waals surface area contributed by atoms with Gasteiger partial charge in [-0.05, 0) is 53.1 Å². The lowest BCUT2D eigenvalue weighted by molar-refractivity contribution is -0.137. The van der Waals surface area contributed by atoms with E-state index < -0.39 is 5.97 Å². The number of unbranched alkanes of at least 4 members (excludes halogenated alkanes) is 8. The van der Waals surface area contributed by atoms with Crippen LogP contribution in [0.15, 0.2) is 17.2 Å². The monoisotopic (exact) mass is 500 g/mol. The fraction of sp³-hybridized carbons (Fsp3) is 0.579. The Kier molecular flexibility index (Phi) is 12.1. The minimum Gasteiger partial charge on any atom is -0.507 e. The molecular formula is C19H27IN4O4. The van der Waals surface area contributed by atoms with Crippen LogP contribution < -0.4 is 5.32 Å². The van der Waals surface area contributed by atoms with Gasteiger partial charge in [0, 0.05) is 21.4 Å². The Hall–Kier alpha value is -2.00. The predicted molar refractivity (Wildman–Crippen MR) is 116 cm³/mol. The third kappa shape index (κ3) is 9.80. The summed E-state index contributed by atoms with van der Waals surface area (Å²) in [6.45, 7) is 0.544. The van der Waals surface area contributed by atoms with Gasteiger partial charge in [-0.2, -0.15) is 0 Å². The number of benzene rings is 1. The number of phenolic OH excluding ortho intramolecular Hbond substituents is 1. The van der Waals surface area contributed by atoms with E-state index in [0.29, 0.717) is 15.8 Å². The van der Waals surface area contributed by atoms with Crippen LogP contribution in [0.1, 0.15) is 74.6 Å². The number of carbonyl (C=O) groups is 2. The number of carbonyl (C=O) groups excluding carboxylic acids is 1. The highest BCUT2D eigenvalue weighted by Crippen LogP contribution is 2.29. The maximum Gasteiger partial charge on any atom is 0.303 e. The molecule has 0 aromatic heterocycles. The molecular weight excluding hydrogens is 473 g/mol. The fourth-order valence-electron chi connectivity index (χ4n) is 2.79. The lowest BCUT2D eigenvalue weighted by atomic mass is 10.1. The number of nitrogens with one attached hydrogen (secondary N) is 1. The molecule has 0 radical (unpaired) electrons. The van der Waals surface area contributed by atoms with Crippen LogP contribution >= 0.6 is 22.6 Å². The van der Waals surface area contributed by atoms with Gasteiger partial charge in [-0.1, -0.05) is 50.1 Å². The first-order valence-corrected chi connectivity index (χ1v) is 10.6. The molecule has 0 fully saturated rings. The number of nitrogens with zero attached hydrogens (tertiary/aromatic N) is 3. The molecule has 0 aliphatic carbocycles. The maximum atomic E-state index is 12.2. The summed E-state index contributed by atoms with van der Waals surface area (Å²) in [5, 5.41) is 24.8. The zero-order valence-electron chi connectivity index (χ0n) is 15.9. The van der Waals surface area contributed by atoms with Crippen molar-refractivity contribution in [2.75, 3.05) is 6.54 Å². The molecule has 0 saturated carbocycles. The van der Waals surface area contributed by atoms with E-state index in [1.165, 1.54) is 12.1 Å². The van der Waals surface area contributed by atoms with Crippen LogP contribution in [-0.4, -0.2) is 28.6 Å². The summed E-state index contributed by atoms with van der Waals surface area (Å²) in [7, 11) is 0. The number of carboxylic acid groups (broad SMARTS) is 1. The number of halogens is 1. The van der Waals surface area contributed by atoms with Gasteiger partial charge >= 0.3 is 5.97 Å². The van der Waals surface area contributed by atoms with Gasteiger partial charge in [-0.15, -0.1) is 0 Å². The van der Waals surface area contributed by atoms with Crippen molar-refractivity contribution in [2.24, 2.45) is 5.11 Å². The molecule has 0 unspecified atom stereocenters. The van der Waals surface area contributed by atoms with E-state index in [4.69, 9.17) is 10.6 Å². The molecule has 0 aliphatic rings. The Balaban J connectivity index is 2.13. The number of aliphatic carboxylic acids is 1. The van der Waals surface area contributed by atoms with E-state index in [-0.39, 0.29) is 23.6 Å². The van der Waals surface area contributed by atoms with Gasteiger partial charge in [-0.25, -0.2) is 0 Å². The van der Waals surface area contributed by atoms with Gasteiger partial charge in [0.25, 0.3) is 5.91 Å². The summed E-state index contributed by atoms with van der Waals surface area (Å²) < 4.78 is 0.598. The van der Waals surface area contributed by atoms with Crippen molar-refractivity contribution >= 4 is 40.2 Å². The zero-order chi connectivity index (χ0) is 20.8. The predicted octanol–water partition coefficient (Wildman–Crippen LogP) is 5.65. The Morgan fingerprint density at radius 1 is 1.04 bits per heavy atom. The van der Waals surface area contributed by atoms with Crippen LogP contribution in [-0.2, 0) is 4.79 Å². The average molecular weight is 500 g/mol. The second kappa shape index (κ2) is 14.1. The molecule has 154 valence electrons. The van der Waals surface area contributed by atoms with Crippen LogP contribution in [0.3, 0.4) is 0 Å². The quantitative estimate of drug-likeness (QED) is 0.0999. The number of hydrogen-bond donors (Lipinski definition) is 3. The highest BCUT2D eigenvalue weighted by Gasteiger charge is 2.13. The first-order chi connectivity index (χ1) is 13.5. The van der Waals surface area contributed by atoms with Crippen molar-refractivity contribution in [3.63, 3.8) is 0 Å². The van der Waals surface area contributed by atoms with E-state index in [0.717, 1.165) is 57.8 Å². The Labute approximate surface area is 178 Å². The van der Waals surface area contributed by atoms with Gasteiger partial charge in [0.15, 0.2) is 0 Å². The Bertz CT molecular complexity index is 705. The van der Waals surface area contributed by atoms with Gasteiger partial charge in [0.2, 0.25) is 0 Å². The summed E-state index contributed by atoms with van der Waals surface area (Å²) in [5.74, 6) is -1.27. The molecule has 9 heteroatoms. The molecule has 28 heavy (non-hydrogen) atoms. The molecule has 0 heterocycles. The standard InChI is InChI=1S/C19H27IN4O4/c20-15-12-14(17(25)13-16(15)23-24-21)19(28)22-11-9-7-5-3-1-2-4-6-8-10-18(26)27/h12-13,25H,1-11H2,(H,22,28)(H,26,27)/i20-2. The summed E-state index contributed by atoms with van der Waals surface area (Å²) in [5.41, 5.74) is 8.94. The zero-order valence-corrected chi connectivity index (χ0v) is 18.0. The number of carboxylic acids is 1. The Morgan fingerprint density at radius 2 is 1.61 bits per heavy atom. The topological polar surface area (TPSA) is 135 Å². The van der Waals surface area contributed by atoms with Gasteiger partial charge in [0.1, 0.15) is 5.75 Å². The Morgan fingerprint density at radius 3 is 2.18 bits per heavy atom. The van der Waals surface area contributed by atoms with Crippen molar-refractivity contribution in [1.82, 2.24) is 5.32 Å². The van der Waals surface area contributed by atoms with Crippen LogP contribution in [0, 0.1) is 3.57 Å². The van der Waals surface area contributed by atoms with Crippen molar-refractivity contribution in [2.45, 2.75) is 64.2 Å². The van der Waals surface area contributed by atoms with Crippen LogP contribution in [0.4, 0.5) is 5.69 Å². The first-order valence-electron chi connectivity index (χ1n) is 9.53. The maximum absolute atomic E-state index is 12.2. The van der Waals surface area contributed by atoms with Crippen molar-refractivity contribution in [3.05, 3.63) is 31.7 Å². The minimum atomic E-state index is -0.720. The minimum absolute atomic E-state index is 0.171. The van der Waals surface area contributed by atoms with Crippen molar-refractivity contribution in [3.8, 4) is 5.75 Å². The normalized spacial score (nSPS) is 10.3. The van der Waals surface area contributed by atoms with E-state index in [1.807, 2.05) is 22.6 Å². The molecule has 1 aromatic rings. The molecule has 0 bridgehead atoms. The summed E-state index contributed by atoms with van der Waals surface area (Å²) in [4.78, 5) is 25.3. The molecule has 3 N–H and O–H groups in total. The SMILES string of the molecule is [N-]=[N+]=Nc1cc(O)c(C(=O)NCCCCCCCCCCCC(=O)O)cc1[125I]. The number of hydrogen-bond acceptors (Lipinski definition) is 4. The fourth-order valence-corrected chi connectivity index (χ4v) is 3.37. The van der Waals surface area contributed by atoms with Crippen molar-refractivity contribution in [1.29, 1.82) is 0 Å². The van der Waals surface area contributed by atoms with E-state index in [9.17, 15) is 14.7 Å². The largest absolute Gasteiger partial charge is 0.507 e. The van der Waals surface area contributed by atoms with Crippen LogP contribution in [0.2, 0.25) is 0 Å². The van der Waals surface area contributed by atoms with E-state index in [2.05, 4.69) is 15.3 Å². The lowest BCUT2D eigenvalue weighted by Gasteiger charge is -2.09. The first kappa shape index (κ1) is 24.0. The highest BCUT2D eigenvalue weighted by molar-refractivity contribution is 14.1. The third-order valence-electron chi connectivity index (χ3n) is 4.32. The van der Waals surface area contributed by atoms with Crippen LogP contribution in [0.25, 0.3) is 10.4 Å². The van der Waals surface area contributed by atoms with Crippen molar-refractivity contribution < 1.29 is 19.8 Å². The number of phenols is 1. The highest BCUT2D eigenvalue weighted by atomic mass is 125. The molecule has 1 amide bonds. The smallest absolute Gasteiger partial charge is 0.303 e. The number of rotatable bonds is 14. The summed E-state index contributed by atoms with van der Waals surface area (Å²) in [6.07, 6.45) is 9.54. The third-order valence-corrected chi connectivity index (χ3v) is 5.18. The molecule has 8 nitrogen and oxygen atoms in total. The van der Waals surface area contributed by atoms with E-state index >= 15 is 0 Å². The number of azide groups is 1. The summed E-state index contributed by atoms with van der Waals surface area (Å²) in [6, 6.07) is 2.80. The van der Waals surface area contributed by atoms with Gasteiger partial charge in [0.05, 0.1) is 11.3 Å². The molecule has 0 atom stereocenters. The second-order valence-corrected chi connectivity index (χ2v) is 7.75. The lowest BCUT2D eigenvalue weighted by Crippen LogP contribution is -2.24. The molecule has 0 spiro atoms. The van der Waals surface area contributed by atoms with Gasteiger partial charge in [-0.3, -0.25) is 9.59 Å². The van der Waals surface area contributed by atoms with Gasteiger partial charge < -0.3 is 15.5 Å². The number of amides is 1. The number of aromatic hydroxyl groups is 1. The molecule has 1 aromatic carbocycles. The molecule has 1 rings (SSSR count). The average Bonchev–Trinajstić information content (AvgIpc) is 2.65. The van der Waals surface area contributed by atoms with E-state index in [1.54, 1.807) is 0 Å². The summed E-state index contributed by atoms with van der Waals surface area (Å²) >= 11 is 1.95. The molecule has 0 saturated heterocycles.